The van der Waals surface area contributed by atoms with E-state index in [-0.39, 0.29) is 23.2 Å². The fraction of sp³-hybridized carbons (Fsp3) is 0.462. The van der Waals surface area contributed by atoms with Gasteiger partial charge < -0.3 is 10.6 Å². The van der Waals surface area contributed by atoms with Gasteiger partial charge in [-0.3, -0.25) is 14.9 Å². The third-order valence-electron chi connectivity index (χ3n) is 3.64. The largest absolute Gasteiger partial charge is 0.338 e. The Labute approximate surface area is 115 Å². The Hall–Kier alpha value is -2.02. The zero-order valence-electron chi connectivity index (χ0n) is 11.1. The van der Waals surface area contributed by atoms with E-state index in [4.69, 9.17) is 5.73 Å². The SMILES string of the molecule is CC1CN(C(=O)c2cc(F)ccc2[N+](=O)[O-])CCC1N. The van der Waals surface area contributed by atoms with Crippen molar-refractivity contribution in [1.29, 1.82) is 0 Å². The van der Waals surface area contributed by atoms with Crippen molar-refractivity contribution in [2.24, 2.45) is 11.7 Å². The minimum absolute atomic E-state index is 0.0153. The maximum Gasteiger partial charge on any atom is 0.282 e. The summed E-state index contributed by atoms with van der Waals surface area (Å²) < 4.78 is 13.3. The molecule has 0 aliphatic carbocycles. The van der Waals surface area contributed by atoms with Crippen molar-refractivity contribution in [3.05, 3.63) is 39.7 Å². The standard InChI is InChI=1S/C13H16FN3O3/c1-8-7-16(5-4-11(8)15)13(18)10-6-9(14)2-3-12(10)17(19)20/h2-3,6,8,11H,4-5,7,15H2,1H3. The summed E-state index contributed by atoms with van der Waals surface area (Å²) >= 11 is 0. The van der Waals surface area contributed by atoms with Gasteiger partial charge in [-0.05, 0) is 24.5 Å². The maximum atomic E-state index is 13.3. The van der Waals surface area contributed by atoms with Crippen molar-refractivity contribution in [1.82, 2.24) is 4.90 Å². The number of hydrogen-bond donors (Lipinski definition) is 1. The van der Waals surface area contributed by atoms with Crippen LogP contribution in [0.2, 0.25) is 0 Å². The fourth-order valence-electron chi connectivity index (χ4n) is 2.36. The zero-order valence-corrected chi connectivity index (χ0v) is 11.1. The molecule has 7 heteroatoms. The smallest absolute Gasteiger partial charge is 0.282 e. The van der Waals surface area contributed by atoms with Crippen molar-refractivity contribution in [3.63, 3.8) is 0 Å². The van der Waals surface area contributed by atoms with E-state index in [2.05, 4.69) is 0 Å². The van der Waals surface area contributed by atoms with Crippen LogP contribution >= 0.6 is 0 Å². The lowest BCUT2D eigenvalue weighted by molar-refractivity contribution is -0.385. The second-order valence-corrected chi connectivity index (χ2v) is 5.10. The van der Waals surface area contributed by atoms with Gasteiger partial charge in [-0.1, -0.05) is 6.92 Å². The van der Waals surface area contributed by atoms with Crippen LogP contribution in [0.25, 0.3) is 0 Å². The Morgan fingerprint density at radius 2 is 2.25 bits per heavy atom. The Bertz CT molecular complexity index is 550. The molecule has 1 saturated heterocycles. The van der Waals surface area contributed by atoms with E-state index in [0.29, 0.717) is 19.5 Å². The van der Waals surface area contributed by atoms with Gasteiger partial charge >= 0.3 is 0 Å². The van der Waals surface area contributed by atoms with Crippen LogP contribution in [-0.4, -0.2) is 34.9 Å². The van der Waals surface area contributed by atoms with Gasteiger partial charge in [-0.2, -0.15) is 0 Å². The second kappa shape index (κ2) is 5.54. The van der Waals surface area contributed by atoms with Gasteiger partial charge in [0.05, 0.1) is 4.92 Å². The number of nitro groups is 1. The number of carbonyl (C=O) groups is 1. The predicted octanol–water partition coefficient (Wildman–Crippen LogP) is 1.54. The maximum absolute atomic E-state index is 13.3. The summed E-state index contributed by atoms with van der Waals surface area (Å²) in [5.41, 5.74) is 5.29. The van der Waals surface area contributed by atoms with Gasteiger partial charge in [0, 0.05) is 25.2 Å². The second-order valence-electron chi connectivity index (χ2n) is 5.10. The number of halogens is 1. The van der Waals surface area contributed by atoms with Gasteiger partial charge in [0.25, 0.3) is 11.6 Å². The average Bonchev–Trinajstić information content (AvgIpc) is 2.40. The molecule has 1 aromatic carbocycles. The highest BCUT2D eigenvalue weighted by Crippen LogP contribution is 2.24. The first-order valence-electron chi connectivity index (χ1n) is 6.39. The Morgan fingerprint density at radius 1 is 1.55 bits per heavy atom. The molecule has 0 spiro atoms. The van der Waals surface area contributed by atoms with E-state index in [1.165, 1.54) is 4.90 Å². The van der Waals surface area contributed by atoms with Crippen molar-refractivity contribution in [2.75, 3.05) is 13.1 Å². The number of piperidine rings is 1. The number of likely N-dealkylation sites (tertiary alicyclic amines) is 1. The summed E-state index contributed by atoms with van der Waals surface area (Å²) in [6.07, 6.45) is 0.635. The third kappa shape index (κ3) is 2.77. The summed E-state index contributed by atoms with van der Waals surface area (Å²) in [5.74, 6) is -1.07. The number of carbonyl (C=O) groups excluding carboxylic acids is 1. The van der Waals surface area contributed by atoms with Crippen molar-refractivity contribution in [2.45, 2.75) is 19.4 Å². The molecule has 0 bridgehead atoms. The normalized spacial score (nSPS) is 22.6. The van der Waals surface area contributed by atoms with Gasteiger partial charge in [0.2, 0.25) is 0 Å². The molecule has 108 valence electrons. The molecule has 1 aliphatic rings. The molecule has 1 fully saturated rings. The van der Waals surface area contributed by atoms with Gasteiger partial charge in [-0.15, -0.1) is 0 Å². The molecule has 2 unspecified atom stereocenters. The lowest BCUT2D eigenvalue weighted by Crippen LogP contribution is -2.48. The molecule has 2 atom stereocenters. The summed E-state index contributed by atoms with van der Waals surface area (Å²) in [6, 6.07) is 2.92. The van der Waals surface area contributed by atoms with Gasteiger partial charge in [-0.25, -0.2) is 4.39 Å². The number of nitrogens with zero attached hydrogens (tertiary/aromatic N) is 2. The molecule has 1 amide bonds. The number of hydrogen-bond acceptors (Lipinski definition) is 4. The zero-order chi connectivity index (χ0) is 14.9. The highest BCUT2D eigenvalue weighted by molar-refractivity contribution is 5.98. The van der Waals surface area contributed by atoms with Crippen LogP contribution in [0.15, 0.2) is 18.2 Å². The van der Waals surface area contributed by atoms with E-state index in [0.717, 1.165) is 18.2 Å². The monoisotopic (exact) mass is 281 g/mol. The summed E-state index contributed by atoms with van der Waals surface area (Å²) in [5, 5.41) is 10.9. The molecule has 2 N–H and O–H groups in total. The Kier molecular flexibility index (Phi) is 3.99. The average molecular weight is 281 g/mol. The topological polar surface area (TPSA) is 89.5 Å². The molecule has 1 heterocycles. The molecule has 20 heavy (non-hydrogen) atoms. The van der Waals surface area contributed by atoms with E-state index >= 15 is 0 Å². The van der Waals surface area contributed by atoms with Crippen LogP contribution in [0.1, 0.15) is 23.7 Å². The molecule has 1 aromatic rings. The lowest BCUT2D eigenvalue weighted by atomic mass is 9.94. The molecule has 0 saturated carbocycles. The molecular weight excluding hydrogens is 265 g/mol. The van der Waals surface area contributed by atoms with Gasteiger partial charge in [0.1, 0.15) is 11.4 Å². The fourth-order valence-corrected chi connectivity index (χ4v) is 2.36. The van der Waals surface area contributed by atoms with Crippen LogP contribution < -0.4 is 5.73 Å². The highest BCUT2D eigenvalue weighted by Gasteiger charge is 2.30. The molecule has 2 rings (SSSR count). The first-order valence-corrected chi connectivity index (χ1v) is 6.39. The van der Waals surface area contributed by atoms with Crippen molar-refractivity contribution >= 4 is 11.6 Å². The molecular formula is C13H16FN3O3. The highest BCUT2D eigenvalue weighted by atomic mass is 19.1. The summed E-state index contributed by atoms with van der Waals surface area (Å²) in [4.78, 5) is 24.1. The summed E-state index contributed by atoms with van der Waals surface area (Å²) in [7, 11) is 0. The van der Waals surface area contributed by atoms with Crippen molar-refractivity contribution in [3.8, 4) is 0 Å². The number of nitrogens with two attached hydrogens (primary N) is 1. The number of rotatable bonds is 2. The number of amides is 1. The van der Waals surface area contributed by atoms with E-state index < -0.39 is 16.6 Å². The molecule has 0 radical (unpaired) electrons. The van der Waals surface area contributed by atoms with Crippen LogP contribution in [0, 0.1) is 21.8 Å². The minimum Gasteiger partial charge on any atom is -0.338 e. The summed E-state index contributed by atoms with van der Waals surface area (Å²) in [6.45, 7) is 2.77. The molecule has 6 nitrogen and oxygen atoms in total. The van der Waals surface area contributed by atoms with E-state index in [1.54, 1.807) is 0 Å². The number of benzene rings is 1. The molecule has 1 aliphatic heterocycles. The first kappa shape index (κ1) is 14.4. The van der Waals surface area contributed by atoms with Crippen molar-refractivity contribution < 1.29 is 14.1 Å². The van der Waals surface area contributed by atoms with E-state index in [1.807, 2.05) is 6.92 Å². The Morgan fingerprint density at radius 3 is 2.85 bits per heavy atom. The van der Waals surface area contributed by atoms with Crippen LogP contribution in [0.5, 0.6) is 0 Å². The number of nitro benzene ring substituents is 1. The van der Waals surface area contributed by atoms with E-state index in [9.17, 15) is 19.3 Å². The quantitative estimate of drug-likeness (QED) is 0.657. The predicted molar refractivity (Wildman–Crippen MR) is 70.7 cm³/mol. The van der Waals surface area contributed by atoms with Crippen LogP contribution in [0.4, 0.5) is 10.1 Å². The van der Waals surface area contributed by atoms with Crippen LogP contribution in [0.3, 0.4) is 0 Å². The minimum atomic E-state index is -0.675. The lowest BCUT2D eigenvalue weighted by Gasteiger charge is -2.35. The molecule has 0 aromatic heterocycles. The third-order valence-corrected chi connectivity index (χ3v) is 3.64. The van der Waals surface area contributed by atoms with Gasteiger partial charge in [0.15, 0.2) is 0 Å². The Balaban J connectivity index is 2.29. The first-order chi connectivity index (χ1) is 9.40. The van der Waals surface area contributed by atoms with Crippen LogP contribution in [-0.2, 0) is 0 Å².